The Kier molecular flexibility index (Phi) is 7.28. The van der Waals surface area contributed by atoms with Crippen molar-refractivity contribution in [2.24, 2.45) is 0 Å². The first-order chi connectivity index (χ1) is 14.4. The van der Waals surface area contributed by atoms with Crippen LogP contribution in [0.3, 0.4) is 0 Å². The lowest BCUT2D eigenvalue weighted by Crippen LogP contribution is -2.47. The molecule has 2 aromatic rings. The zero-order valence-electron chi connectivity index (χ0n) is 17.0. The van der Waals surface area contributed by atoms with Crippen LogP contribution in [0, 0.1) is 0 Å². The van der Waals surface area contributed by atoms with E-state index in [-0.39, 0.29) is 29.5 Å². The maximum atomic E-state index is 12.9. The summed E-state index contributed by atoms with van der Waals surface area (Å²) in [6, 6.07) is 10.2. The fraction of sp³-hybridized carbons (Fsp3) is 0.381. The van der Waals surface area contributed by atoms with Gasteiger partial charge in [-0.15, -0.1) is 0 Å². The first kappa shape index (κ1) is 22.0. The van der Waals surface area contributed by atoms with E-state index >= 15 is 0 Å². The third kappa shape index (κ3) is 5.28. The number of rotatable bonds is 6. The Bertz CT molecular complexity index is 921. The molecule has 0 spiro atoms. The van der Waals surface area contributed by atoms with Gasteiger partial charge in [-0.3, -0.25) is 19.3 Å². The average Bonchev–Trinajstić information content (AvgIpc) is 3.20. The molecular weight excluding hydrogens is 452 g/mol. The molecule has 0 bridgehead atoms. The molecule has 0 aliphatic carbocycles. The fourth-order valence-electron chi connectivity index (χ4n) is 3.44. The number of amides is 3. The molecule has 1 saturated heterocycles. The minimum Gasteiger partial charge on any atom is -0.444 e. The number of carbonyl (C=O) groups is 3. The predicted octanol–water partition coefficient (Wildman–Crippen LogP) is 2.26. The number of likely N-dealkylation sites (N-methyl/N-ethyl adjacent to an activating group) is 1. The smallest absolute Gasteiger partial charge is 0.293 e. The van der Waals surface area contributed by atoms with Gasteiger partial charge in [0.05, 0.1) is 17.8 Å². The summed E-state index contributed by atoms with van der Waals surface area (Å²) >= 11 is 3.19. The van der Waals surface area contributed by atoms with Gasteiger partial charge in [0.1, 0.15) is 0 Å². The third-order valence-corrected chi connectivity index (χ3v) is 5.59. The van der Waals surface area contributed by atoms with Crippen LogP contribution >= 0.6 is 15.9 Å². The maximum Gasteiger partial charge on any atom is 0.293 e. The van der Waals surface area contributed by atoms with Crippen molar-refractivity contribution < 1.29 is 18.8 Å². The molecule has 0 radical (unpaired) electrons. The average molecular weight is 477 g/mol. The Hall–Kier alpha value is -2.65. The van der Waals surface area contributed by atoms with Gasteiger partial charge in [-0.1, -0.05) is 12.1 Å². The van der Waals surface area contributed by atoms with Crippen LogP contribution in [0.25, 0.3) is 0 Å². The van der Waals surface area contributed by atoms with Gasteiger partial charge in [-0.25, -0.2) is 0 Å². The van der Waals surface area contributed by atoms with Gasteiger partial charge in [-0.2, -0.15) is 0 Å². The van der Waals surface area contributed by atoms with Crippen LogP contribution in [0.4, 0.5) is 5.69 Å². The SMILES string of the molecule is CNC(=O)CN1CCC(NC(=O)c2ccccc2N(C)C(=O)c2ccc(Br)o2)CC1. The van der Waals surface area contributed by atoms with Gasteiger partial charge in [-0.05, 0) is 53.0 Å². The molecule has 2 N–H and O–H groups in total. The summed E-state index contributed by atoms with van der Waals surface area (Å²) in [5.74, 6) is -0.398. The maximum absolute atomic E-state index is 12.9. The van der Waals surface area contributed by atoms with Gasteiger partial charge in [0, 0.05) is 33.2 Å². The summed E-state index contributed by atoms with van der Waals surface area (Å²) in [4.78, 5) is 40.7. The molecule has 3 amide bonds. The van der Waals surface area contributed by atoms with Crippen LogP contribution in [0.15, 0.2) is 45.5 Å². The van der Waals surface area contributed by atoms with E-state index in [0.717, 1.165) is 25.9 Å². The molecule has 2 heterocycles. The van der Waals surface area contributed by atoms with Crippen molar-refractivity contribution in [2.75, 3.05) is 38.6 Å². The van der Waals surface area contributed by atoms with E-state index in [4.69, 9.17) is 4.42 Å². The van der Waals surface area contributed by atoms with E-state index in [1.54, 1.807) is 50.5 Å². The molecule has 9 heteroatoms. The van der Waals surface area contributed by atoms with E-state index in [1.807, 2.05) is 0 Å². The molecule has 30 heavy (non-hydrogen) atoms. The molecule has 1 aliphatic rings. The predicted molar refractivity (Wildman–Crippen MR) is 117 cm³/mol. The highest BCUT2D eigenvalue weighted by atomic mass is 79.9. The molecule has 0 saturated carbocycles. The first-order valence-electron chi connectivity index (χ1n) is 9.75. The Labute approximate surface area is 183 Å². The summed E-state index contributed by atoms with van der Waals surface area (Å²) in [6.45, 7) is 1.85. The van der Waals surface area contributed by atoms with Gasteiger partial charge < -0.3 is 20.0 Å². The molecule has 3 rings (SSSR count). The molecule has 160 valence electrons. The van der Waals surface area contributed by atoms with E-state index in [0.29, 0.717) is 22.5 Å². The largest absolute Gasteiger partial charge is 0.444 e. The Balaban J connectivity index is 1.65. The first-order valence-corrected chi connectivity index (χ1v) is 10.5. The number of benzene rings is 1. The topological polar surface area (TPSA) is 94.9 Å². The second kappa shape index (κ2) is 9.90. The quantitative estimate of drug-likeness (QED) is 0.666. The van der Waals surface area contributed by atoms with Crippen molar-refractivity contribution in [2.45, 2.75) is 18.9 Å². The van der Waals surface area contributed by atoms with Crippen LogP contribution in [0.5, 0.6) is 0 Å². The standard InChI is InChI=1S/C21H25BrN4O4/c1-23-19(27)13-26-11-9-14(10-12-26)24-20(28)15-5-3-4-6-16(15)25(2)21(29)17-7-8-18(22)30-17/h3-8,14H,9-13H2,1-2H3,(H,23,27)(H,24,28). The van der Waals surface area contributed by atoms with E-state index < -0.39 is 0 Å². The van der Waals surface area contributed by atoms with E-state index in [9.17, 15) is 14.4 Å². The third-order valence-electron chi connectivity index (χ3n) is 5.17. The number of piperidine rings is 1. The van der Waals surface area contributed by atoms with Crippen LogP contribution in [0.2, 0.25) is 0 Å². The molecule has 1 aromatic carbocycles. The van der Waals surface area contributed by atoms with Crippen LogP contribution < -0.4 is 15.5 Å². The van der Waals surface area contributed by atoms with E-state index in [2.05, 4.69) is 31.5 Å². The van der Waals surface area contributed by atoms with Gasteiger partial charge >= 0.3 is 0 Å². The van der Waals surface area contributed by atoms with Crippen LogP contribution in [0.1, 0.15) is 33.8 Å². The molecule has 0 unspecified atom stereocenters. The molecule has 8 nitrogen and oxygen atoms in total. The lowest BCUT2D eigenvalue weighted by molar-refractivity contribution is -0.122. The molecule has 1 aromatic heterocycles. The number of furan rings is 1. The number of likely N-dealkylation sites (tertiary alicyclic amines) is 1. The number of hydrogen-bond acceptors (Lipinski definition) is 5. The summed E-state index contributed by atoms with van der Waals surface area (Å²) in [5.41, 5.74) is 0.927. The Morgan fingerprint density at radius 2 is 1.87 bits per heavy atom. The van der Waals surface area contributed by atoms with E-state index in [1.165, 1.54) is 4.90 Å². The second-order valence-electron chi connectivity index (χ2n) is 7.18. The lowest BCUT2D eigenvalue weighted by atomic mass is 10.0. The number of para-hydroxylation sites is 1. The normalized spacial score (nSPS) is 14.9. The Morgan fingerprint density at radius 1 is 1.17 bits per heavy atom. The summed E-state index contributed by atoms with van der Waals surface area (Å²) in [5, 5.41) is 5.69. The number of halogens is 1. The van der Waals surface area contributed by atoms with Crippen LogP contribution in [-0.2, 0) is 4.79 Å². The summed E-state index contributed by atoms with van der Waals surface area (Å²) in [6.07, 6.45) is 1.53. The fourth-order valence-corrected chi connectivity index (χ4v) is 3.75. The number of carbonyl (C=O) groups excluding carboxylic acids is 3. The summed E-state index contributed by atoms with van der Waals surface area (Å²) in [7, 11) is 3.24. The number of nitrogens with zero attached hydrogens (tertiary/aromatic N) is 2. The highest BCUT2D eigenvalue weighted by Gasteiger charge is 2.25. The van der Waals surface area contributed by atoms with Crippen molar-refractivity contribution in [1.29, 1.82) is 0 Å². The zero-order valence-corrected chi connectivity index (χ0v) is 18.6. The number of anilines is 1. The minimum absolute atomic E-state index is 0.0114. The van der Waals surface area contributed by atoms with Crippen molar-refractivity contribution in [3.63, 3.8) is 0 Å². The van der Waals surface area contributed by atoms with Crippen molar-refractivity contribution in [3.8, 4) is 0 Å². The Morgan fingerprint density at radius 3 is 2.50 bits per heavy atom. The van der Waals surface area contributed by atoms with Crippen molar-refractivity contribution >= 4 is 39.3 Å². The summed E-state index contributed by atoms with van der Waals surface area (Å²) < 4.78 is 5.81. The highest BCUT2D eigenvalue weighted by molar-refractivity contribution is 9.10. The van der Waals surface area contributed by atoms with Gasteiger partial charge in [0.25, 0.3) is 11.8 Å². The zero-order chi connectivity index (χ0) is 21.7. The molecule has 1 aliphatic heterocycles. The van der Waals surface area contributed by atoms with Crippen LogP contribution in [-0.4, -0.2) is 62.4 Å². The van der Waals surface area contributed by atoms with Crippen molar-refractivity contribution in [3.05, 3.63) is 52.4 Å². The van der Waals surface area contributed by atoms with Gasteiger partial charge in [0.2, 0.25) is 5.91 Å². The number of hydrogen-bond donors (Lipinski definition) is 2. The van der Waals surface area contributed by atoms with Gasteiger partial charge in [0.15, 0.2) is 10.4 Å². The molecule has 1 fully saturated rings. The molecule has 0 atom stereocenters. The van der Waals surface area contributed by atoms with Crippen molar-refractivity contribution in [1.82, 2.24) is 15.5 Å². The second-order valence-corrected chi connectivity index (χ2v) is 7.96. The minimum atomic E-state index is -0.344. The lowest BCUT2D eigenvalue weighted by Gasteiger charge is -2.32. The monoisotopic (exact) mass is 476 g/mol. The highest BCUT2D eigenvalue weighted by Crippen LogP contribution is 2.23. The molecular formula is C21H25BrN4O4. The number of nitrogens with one attached hydrogen (secondary N) is 2.